The number of carbonyl (C=O) groups is 1. The Kier molecular flexibility index (Phi) is 4.47. The van der Waals surface area contributed by atoms with Crippen molar-refractivity contribution < 1.29 is 14.3 Å². The minimum Gasteiger partial charge on any atom is -0.493 e. The molecule has 0 fully saturated rings. The molecule has 0 aliphatic carbocycles. The Morgan fingerprint density at radius 2 is 1.79 bits per heavy atom. The second-order valence-corrected chi connectivity index (χ2v) is 5.12. The van der Waals surface area contributed by atoms with Crippen LogP contribution in [0.2, 0.25) is 0 Å². The molecule has 6 heteroatoms. The van der Waals surface area contributed by atoms with Crippen LogP contribution in [0.4, 0.5) is 5.69 Å². The largest absolute Gasteiger partial charge is 0.493 e. The summed E-state index contributed by atoms with van der Waals surface area (Å²) >= 11 is 0. The molecule has 3 rings (SSSR count). The molecule has 2 aromatic carbocycles. The molecule has 24 heavy (non-hydrogen) atoms. The number of rotatable bonds is 5. The number of ether oxygens (including phenoxy) is 2. The van der Waals surface area contributed by atoms with Gasteiger partial charge in [0, 0.05) is 12.7 Å². The zero-order chi connectivity index (χ0) is 16.9. The Bertz CT molecular complexity index is 841. The zero-order valence-electron chi connectivity index (χ0n) is 13.4. The van der Waals surface area contributed by atoms with Crippen LogP contribution in [0.3, 0.4) is 0 Å². The van der Waals surface area contributed by atoms with E-state index in [-0.39, 0.29) is 5.91 Å². The number of nitrogens with zero attached hydrogens (tertiary/aromatic N) is 2. The standard InChI is InChI=1S/C18H17N3O3/c1-21-12-19-11-15(21)18(22)20-13-7-9-14(10-8-13)24-17-6-4-3-5-16(17)23-2/h3-12H,1-2H3,(H,20,22). The molecule has 0 aliphatic rings. The van der Waals surface area contributed by atoms with Crippen molar-refractivity contribution in [3.63, 3.8) is 0 Å². The van der Waals surface area contributed by atoms with E-state index in [1.807, 2.05) is 24.3 Å². The van der Waals surface area contributed by atoms with Gasteiger partial charge in [-0.05, 0) is 36.4 Å². The quantitative estimate of drug-likeness (QED) is 0.781. The molecule has 1 N–H and O–H groups in total. The van der Waals surface area contributed by atoms with Gasteiger partial charge in [-0.2, -0.15) is 0 Å². The van der Waals surface area contributed by atoms with E-state index in [1.54, 1.807) is 49.3 Å². The smallest absolute Gasteiger partial charge is 0.273 e. The number of para-hydroxylation sites is 2. The van der Waals surface area contributed by atoms with Crippen molar-refractivity contribution in [1.82, 2.24) is 9.55 Å². The summed E-state index contributed by atoms with van der Waals surface area (Å²) in [6, 6.07) is 14.5. The molecular formula is C18H17N3O3. The Morgan fingerprint density at radius 1 is 1.08 bits per heavy atom. The molecule has 0 saturated carbocycles. The number of benzene rings is 2. The average Bonchev–Trinajstić information content (AvgIpc) is 3.03. The lowest BCUT2D eigenvalue weighted by molar-refractivity contribution is 0.101. The summed E-state index contributed by atoms with van der Waals surface area (Å²) in [5.41, 5.74) is 1.16. The number of hydrogen-bond acceptors (Lipinski definition) is 4. The van der Waals surface area contributed by atoms with E-state index in [4.69, 9.17) is 9.47 Å². The monoisotopic (exact) mass is 323 g/mol. The highest BCUT2D eigenvalue weighted by Gasteiger charge is 2.10. The molecule has 122 valence electrons. The molecule has 1 amide bonds. The van der Waals surface area contributed by atoms with Crippen molar-refractivity contribution in [3.8, 4) is 17.2 Å². The van der Waals surface area contributed by atoms with E-state index in [1.165, 1.54) is 6.20 Å². The molecule has 1 aromatic heterocycles. The number of amides is 1. The molecule has 0 radical (unpaired) electrons. The van der Waals surface area contributed by atoms with E-state index < -0.39 is 0 Å². The normalized spacial score (nSPS) is 10.2. The van der Waals surface area contributed by atoms with Crippen molar-refractivity contribution in [3.05, 3.63) is 66.7 Å². The van der Waals surface area contributed by atoms with Gasteiger partial charge in [0.1, 0.15) is 11.4 Å². The first kappa shape index (κ1) is 15.6. The third kappa shape index (κ3) is 3.38. The minimum atomic E-state index is -0.214. The summed E-state index contributed by atoms with van der Waals surface area (Å²) in [4.78, 5) is 16.1. The fourth-order valence-electron chi connectivity index (χ4n) is 2.21. The van der Waals surface area contributed by atoms with E-state index >= 15 is 0 Å². The average molecular weight is 323 g/mol. The highest BCUT2D eigenvalue weighted by atomic mass is 16.5. The van der Waals surface area contributed by atoms with Crippen LogP contribution >= 0.6 is 0 Å². The summed E-state index contributed by atoms with van der Waals surface area (Å²) in [5, 5.41) is 2.82. The van der Waals surface area contributed by atoms with Crippen LogP contribution in [0.25, 0.3) is 0 Å². The highest BCUT2D eigenvalue weighted by molar-refractivity contribution is 6.02. The van der Waals surface area contributed by atoms with Crippen LogP contribution in [0.1, 0.15) is 10.5 Å². The molecule has 0 bridgehead atoms. The predicted molar refractivity (Wildman–Crippen MR) is 90.7 cm³/mol. The predicted octanol–water partition coefficient (Wildman–Crippen LogP) is 3.47. The van der Waals surface area contributed by atoms with Crippen molar-refractivity contribution in [2.45, 2.75) is 0 Å². The number of aromatic nitrogens is 2. The lowest BCUT2D eigenvalue weighted by Crippen LogP contribution is -2.15. The lowest BCUT2D eigenvalue weighted by atomic mass is 10.3. The van der Waals surface area contributed by atoms with Crippen molar-refractivity contribution in [1.29, 1.82) is 0 Å². The minimum absolute atomic E-state index is 0.214. The number of carbonyl (C=O) groups excluding carboxylic acids is 1. The first-order chi connectivity index (χ1) is 11.7. The van der Waals surface area contributed by atoms with Gasteiger partial charge in [-0.15, -0.1) is 0 Å². The summed E-state index contributed by atoms with van der Waals surface area (Å²) in [6.07, 6.45) is 3.10. The lowest BCUT2D eigenvalue weighted by Gasteiger charge is -2.11. The van der Waals surface area contributed by atoms with Crippen molar-refractivity contribution in [2.75, 3.05) is 12.4 Å². The number of nitrogens with one attached hydrogen (secondary N) is 1. The summed E-state index contributed by atoms with van der Waals surface area (Å²) in [6.45, 7) is 0. The zero-order valence-corrected chi connectivity index (χ0v) is 13.4. The number of hydrogen-bond donors (Lipinski definition) is 1. The Labute approximate surface area is 139 Å². The topological polar surface area (TPSA) is 65.4 Å². The van der Waals surface area contributed by atoms with Gasteiger partial charge < -0.3 is 19.4 Å². The van der Waals surface area contributed by atoms with Gasteiger partial charge in [0.25, 0.3) is 5.91 Å². The van der Waals surface area contributed by atoms with Crippen molar-refractivity contribution in [2.24, 2.45) is 7.05 Å². The highest BCUT2D eigenvalue weighted by Crippen LogP contribution is 2.31. The van der Waals surface area contributed by atoms with Gasteiger partial charge >= 0.3 is 0 Å². The molecule has 1 heterocycles. The molecular weight excluding hydrogens is 306 g/mol. The summed E-state index contributed by atoms with van der Waals surface area (Å²) in [5.74, 6) is 1.73. The molecule has 0 saturated heterocycles. The Hall–Kier alpha value is -3.28. The summed E-state index contributed by atoms with van der Waals surface area (Å²) < 4.78 is 12.7. The molecule has 0 atom stereocenters. The molecule has 0 aliphatic heterocycles. The third-order valence-corrected chi connectivity index (χ3v) is 3.46. The molecule has 0 spiro atoms. The Balaban J connectivity index is 1.69. The fraction of sp³-hybridized carbons (Fsp3) is 0.111. The molecule has 3 aromatic rings. The van der Waals surface area contributed by atoms with E-state index in [0.717, 1.165) is 0 Å². The number of aryl methyl sites for hydroxylation is 1. The number of anilines is 1. The number of methoxy groups -OCH3 is 1. The van der Waals surface area contributed by atoms with Gasteiger partial charge in [0.15, 0.2) is 11.5 Å². The first-order valence-corrected chi connectivity index (χ1v) is 7.36. The maximum absolute atomic E-state index is 12.1. The van der Waals surface area contributed by atoms with Crippen LogP contribution in [0.15, 0.2) is 61.1 Å². The van der Waals surface area contributed by atoms with Crippen molar-refractivity contribution >= 4 is 11.6 Å². The van der Waals surface area contributed by atoms with Crippen LogP contribution in [0, 0.1) is 0 Å². The second kappa shape index (κ2) is 6.87. The van der Waals surface area contributed by atoms with Gasteiger partial charge in [-0.3, -0.25) is 4.79 Å². The van der Waals surface area contributed by atoms with Gasteiger partial charge in [-0.25, -0.2) is 4.98 Å². The number of imidazole rings is 1. The van der Waals surface area contributed by atoms with Crippen LogP contribution < -0.4 is 14.8 Å². The second-order valence-electron chi connectivity index (χ2n) is 5.12. The van der Waals surface area contributed by atoms with E-state index in [0.29, 0.717) is 28.6 Å². The van der Waals surface area contributed by atoms with Gasteiger partial charge in [-0.1, -0.05) is 12.1 Å². The van der Waals surface area contributed by atoms with Crippen LogP contribution in [-0.2, 0) is 7.05 Å². The maximum atomic E-state index is 12.1. The van der Waals surface area contributed by atoms with E-state index in [9.17, 15) is 4.79 Å². The molecule has 0 unspecified atom stereocenters. The first-order valence-electron chi connectivity index (χ1n) is 7.36. The summed E-state index contributed by atoms with van der Waals surface area (Å²) in [7, 11) is 3.37. The van der Waals surface area contributed by atoms with Gasteiger partial charge in [0.2, 0.25) is 0 Å². The fourth-order valence-corrected chi connectivity index (χ4v) is 2.21. The van der Waals surface area contributed by atoms with Crippen LogP contribution in [-0.4, -0.2) is 22.6 Å². The van der Waals surface area contributed by atoms with Crippen LogP contribution in [0.5, 0.6) is 17.2 Å². The SMILES string of the molecule is COc1ccccc1Oc1ccc(NC(=O)c2cncn2C)cc1. The van der Waals surface area contributed by atoms with Gasteiger partial charge in [0.05, 0.1) is 19.6 Å². The third-order valence-electron chi connectivity index (χ3n) is 3.46. The molecule has 6 nitrogen and oxygen atoms in total. The Morgan fingerprint density at radius 3 is 2.42 bits per heavy atom. The van der Waals surface area contributed by atoms with E-state index in [2.05, 4.69) is 10.3 Å². The maximum Gasteiger partial charge on any atom is 0.273 e.